The number of hydrogen-bond donors (Lipinski definition) is 1. The summed E-state index contributed by atoms with van der Waals surface area (Å²) in [7, 11) is 1.61. The molecule has 21 heavy (non-hydrogen) atoms. The fourth-order valence-corrected chi connectivity index (χ4v) is 2.48. The Morgan fingerprint density at radius 1 is 1.14 bits per heavy atom. The standard InChI is InChI=1S/C14H18N6O/c1-21-14-8-13(17-10-18-14)20-6-4-19(5-7-20)12-2-3-16-9-11(12)15/h2-3,8-10H,4-7,15H2,1H3. The fraction of sp³-hybridized carbons (Fsp3) is 0.357. The van der Waals surface area contributed by atoms with Crippen molar-refractivity contribution >= 4 is 17.2 Å². The van der Waals surface area contributed by atoms with Crippen LogP contribution in [0.15, 0.2) is 30.9 Å². The lowest BCUT2D eigenvalue weighted by atomic mass is 10.2. The molecule has 0 spiro atoms. The molecule has 0 amide bonds. The summed E-state index contributed by atoms with van der Waals surface area (Å²) in [5.74, 6) is 1.48. The van der Waals surface area contributed by atoms with Crippen LogP contribution < -0.4 is 20.3 Å². The zero-order valence-electron chi connectivity index (χ0n) is 11.9. The van der Waals surface area contributed by atoms with Crippen LogP contribution in [-0.2, 0) is 0 Å². The second kappa shape index (κ2) is 5.82. The second-order valence-corrected chi connectivity index (χ2v) is 4.83. The molecule has 7 heteroatoms. The summed E-state index contributed by atoms with van der Waals surface area (Å²) in [5, 5.41) is 0. The van der Waals surface area contributed by atoms with Gasteiger partial charge in [-0.3, -0.25) is 4.98 Å². The number of nitrogens with zero attached hydrogens (tertiary/aromatic N) is 5. The van der Waals surface area contributed by atoms with E-state index in [4.69, 9.17) is 10.5 Å². The highest BCUT2D eigenvalue weighted by Gasteiger charge is 2.20. The quantitative estimate of drug-likeness (QED) is 0.893. The molecule has 2 aromatic rings. The van der Waals surface area contributed by atoms with Crippen LogP contribution in [0.2, 0.25) is 0 Å². The molecule has 0 aliphatic carbocycles. The van der Waals surface area contributed by atoms with Crippen molar-refractivity contribution in [1.29, 1.82) is 0 Å². The largest absolute Gasteiger partial charge is 0.481 e. The number of aromatic nitrogens is 3. The van der Waals surface area contributed by atoms with Crippen LogP contribution in [0.1, 0.15) is 0 Å². The van der Waals surface area contributed by atoms with Crippen LogP contribution >= 0.6 is 0 Å². The maximum Gasteiger partial charge on any atom is 0.218 e. The number of nitrogens with two attached hydrogens (primary N) is 1. The highest BCUT2D eigenvalue weighted by Crippen LogP contribution is 2.24. The molecule has 0 atom stereocenters. The molecule has 110 valence electrons. The third-order valence-corrected chi connectivity index (χ3v) is 3.61. The Labute approximate surface area is 123 Å². The molecule has 3 rings (SSSR count). The van der Waals surface area contributed by atoms with E-state index >= 15 is 0 Å². The number of hydrogen-bond acceptors (Lipinski definition) is 7. The van der Waals surface area contributed by atoms with Crippen molar-refractivity contribution in [3.63, 3.8) is 0 Å². The molecule has 1 aliphatic rings. The van der Waals surface area contributed by atoms with E-state index in [9.17, 15) is 0 Å². The molecular formula is C14H18N6O. The zero-order valence-corrected chi connectivity index (χ0v) is 11.9. The lowest BCUT2D eigenvalue weighted by molar-refractivity contribution is 0.396. The lowest BCUT2D eigenvalue weighted by Gasteiger charge is -2.37. The first-order chi connectivity index (χ1) is 10.3. The van der Waals surface area contributed by atoms with E-state index in [0.29, 0.717) is 5.88 Å². The molecular weight excluding hydrogens is 268 g/mol. The Morgan fingerprint density at radius 3 is 2.62 bits per heavy atom. The van der Waals surface area contributed by atoms with Crippen molar-refractivity contribution in [3.8, 4) is 5.88 Å². The van der Waals surface area contributed by atoms with Gasteiger partial charge >= 0.3 is 0 Å². The van der Waals surface area contributed by atoms with Gasteiger partial charge in [0.2, 0.25) is 5.88 Å². The second-order valence-electron chi connectivity index (χ2n) is 4.83. The lowest BCUT2D eigenvalue weighted by Crippen LogP contribution is -2.47. The van der Waals surface area contributed by atoms with E-state index in [1.54, 1.807) is 19.5 Å². The molecule has 3 heterocycles. The summed E-state index contributed by atoms with van der Waals surface area (Å²) >= 11 is 0. The summed E-state index contributed by atoms with van der Waals surface area (Å²) in [4.78, 5) is 16.9. The van der Waals surface area contributed by atoms with Crippen molar-refractivity contribution in [3.05, 3.63) is 30.9 Å². The molecule has 1 saturated heterocycles. The van der Waals surface area contributed by atoms with Gasteiger partial charge < -0.3 is 20.3 Å². The Balaban J connectivity index is 1.69. The van der Waals surface area contributed by atoms with Crippen LogP contribution in [0.4, 0.5) is 17.2 Å². The van der Waals surface area contributed by atoms with E-state index in [1.165, 1.54) is 6.33 Å². The maximum atomic E-state index is 5.98. The number of ether oxygens (including phenoxy) is 1. The molecule has 2 N–H and O–H groups in total. The monoisotopic (exact) mass is 286 g/mol. The molecule has 1 aliphatic heterocycles. The van der Waals surface area contributed by atoms with Gasteiger partial charge in [0.05, 0.1) is 24.7 Å². The SMILES string of the molecule is COc1cc(N2CCN(c3ccncc3N)CC2)ncn1. The van der Waals surface area contributed by atoms with Gasteiger partial charge in [0.25, 0.3) is 0 Å². The summed E-state index contributed by atoms with van der Waals surface area (Å²) in [6, 6.07) is 3.81. The van der Waals surface area contributed by atoms with Crippen LogP contribution in [0.5, 0.6) is 5.88 Å². The predicted octanol–water partition coefficient (Wildman–Crippen LogP) is 0.789. The van der Waals surface area contributed by atoms with Crippen LogP contribution in [0.25, 0.3) is 0 Å². The fourth-order valence-electron chi connectivity index (χ4n) is 2.48. The van der Waals surface area contributed by atoms with E-state index in [0.717, 1.165) is 43.4 Å². The minimum Gasteiger partial charge on any atom is -0.481 e. The third kappa shape index (κ3) is 2.81. The summed E-state index contributed by atoms with van der Waals surface area (Å²) in [6.45, 7) is 3.53. The van der Waals surface area contributed by atoms with Gasteiger partial charge in [0.15, 0.2) is 0 Å². The predicted molar refractivity (Wildman–Crippen MR) is 81.7 cm³/mol. The number of nitrogen functional groups attached to an aromatic ring is 1. The number of methoxy groups -OCH3 is 1. The average molecular weight is 286 g/mol. The molecule has 0 saturated carbocycles. The van der Waals surface area contributed by atoms with Gasteiger partial charge in [-0.1, -0.05) is 0 Å². The van der Waals surface area contributed by atoms with Crippen molar-refractivity contribution in [2.45, 2.75) is 0 Å². The molecule has 1 fully saturated rings. The Morgan fingerprint density at radius 2 is 1.90 bits per heavy atom. The first-order valence-electron chi connectivity index (χ1n) is 6.83. The Bertz CT molecular complexity index is 612. The Hall–Kier alpha value is -2.57. The number of pyridine rings is 1. The van der Waals surface area contributed by atoms with E-state index in [2.05, 4.69) is 24.8 Å². The van der Waals surface area contributed by atoms with Crippen molar-refractivity contribution in [1.82, 2.24) is 15.0 Å². The molecule has 0 aromatic carbocycles. The summed E-state index contributed by atoms with van der Waals surface area (Å²) in [6.07, 6.45) is 4.99. The van der Waals surface area contributed by atoms with Gasteiger partial charge in [-0.15, -0.1) is 0 Å². The summed E-state index contributed by atoms with van der Waals surface area (Å²) < 4.78 is 5.14. The number of piperazine rings is 1. The smallest absolute Gasteiger partial charge is 0.218 e. The van der Waals surface area contributed by atoms with Gasteiger partial charge in [0, 0.05) is 38.4 Å². The Kier molecular flexibility index (Phi) is 3.72. The van der Waals surface area contributed by atoms with Gasteiger partial charge in [0.1, 0.15) is 12.1 Å². The normalized spacial score (nSPS) is 15.1. The minimum atomic E-state index is 0.584. The average Bonchev–Trinajstić information content (AvgIpc) is 2.56. The van der Waals surface area contributed by atoms with Crippen LogP contribution in [0.3, 0.4) is 0 Å². The first kappa shape index (κ1) is 13.4. The first-order valence-corrected chi connectivity index (χ1v) is 6.83. The molecule has 7 nitrogen and oxygen atoms in total. The number of rotatable bonds is 3. The number of anilines is 3. The zero-order chi connectivity index (χ0) is 14.7. The topological polar surface area (TPSA) is 80.4 Å². The highest BCUT2D eigenvalue weighted by atomic mass is 16.5. The third-order valence-electron chi connectivity index (χ3n) is 3.61. The van der Waals surface area contributed by atoms with Crippen LogP contribution in [-0.4, -0.2) is 48.2 Å². The molecule has 0 bridgehead atoms. The van der Waals surface area contributed by atoms with Crippen molar-refractivity contribution in [2.24, 2.45) is 0 Å². The van der Waals surface area contributed by atoms with Gasteiger partial charge in [-0.2, -0.15) is 0 Å². The molecule has 0 unspecified atom stereocenters. The van der Waals surface area contributed by atoms with Crippen molar-refractivity contribution < 1.29 is 4.74 Å². The van der Waals surface area contributed by atoms with E-state index in [1.807, 2.05) is 12.1 Å². The van der Waals surface area contributed by atoms with E-state index in [-0.39, 0.29) is 0 Å². The summed E-state index contributed by atoms with van der Waals surface area (Å²) in [5.41, 5.74) is 7.74. The highest BCUT2D eigenvalue weighted by molar-refractivity contribution is 5.66. The molecule has 0 radical (unpaired) electrons. The minimum absolute atomic E-state index is 0.584. The maximum absolute atomic E-state index is 5.98. The van der Waals surface area contributed by atoms with E-state index < -0.39 is 0 Å². The molecule has 2 aromatic heterocycles. The van der Waals surface area contributed by atoms with Crippen LogP contribution in [0, 0.1) is 0 Å². The van der Waals surface area contributed by atoms with Gasteiger partial charge in [-0.05, 0) is 6.07 Å². The van der Waals surface area contributed by atoms with Crippen molar-refractivity contribution in [2.75, 3.05) is 48.8 Å². The van der Waals surface area contributed by atoms with Gasteiger partial charge in [-0.25, -0.2) is 9.97 Å².